The summed E-state index contributed by atoms with van der Waals surface area (Å²) in [5.41, 5.74) is 8.14. The molecule has 8 heteroatoms. The second-order valence-corrected chi connectivity index (χ2v) is 5.84. The highest BCUT2D eigenvalue weighted by Crippen LogP contribution is 2.40. The van der Waals surface area contributed by atoms with Gasteiger partial charge in [-0.2, -0.15) is 0 Å². The number of aldehydes is 1. The van der Waals surface area contributed by atoms with E-state index in [0.717, 1.165) is 18.4 Å². The van der Waals surface area contributed by atoms with E-state index in [1.165, 1.54) is 18.3 Å². The van der Waals surface area contributed by atoms with Crippen LogP contribution in [0.25, 0.3) is 5.65 Å². The van der Waals surface area contributed by atoms with Crippen LogP contribution in [0.15, 0.2) is 30.4 Å². The number of carbonyl (C=O) groups excluding carboxylic acids is 2. The summed E-state index contributed by atoms with van der Waals surface area (Å²) in [7, 11) is 1.35. The van der Waals surface area contributed by atoms with Gasteiger partial charge in [0.05, 0.1) is 25.0 Å². The lowest BCUT2D eigenvalue weighted by Gasteiger charge is -2.11. The lowest BCUT2D eigenvalue weighted by Crippen LogP contribution is -2.26. The van der Waals surface area contributed by atoms with Crippen LogP contribution in [-0.4, -0.2) is 33.8 Å². The van der Waals surface area contributed by atoms with Crippen LogP contribution >= 0.6 is 0 Å². The van der Waals surface area contributed by atoms with Gasteiger partial charge in [0.2, 0.25) is 0 Å². The van der Waals surface area contributed by atoms with Gasteiger partial charge in [-0.05, 0) is 30.4 Å². The van der Waals surface area contributed by atoms with E-state index >= 15 is 0 Å². The van der Waals surface area contributed by atoms with Gasteiger partial charge in [0.15, 0.2) is 11.9 Å². The Bertz CT molecular complexity index is 822. The maximum atomic E-state index is 12.1. The molecule has 0 aliphatic heterocycles. The summed E-state index contributed by atoms with van der Waals surface area (Å²) in [6.45, 7) is 0.246. The summed E-state index contributed by atoms with van der Waals surface area (Å²) < 4.78 is 6.68. The minimum absolute atomic E-state index is 0.0209. The predicted molar refractivity (Wildman–Crippen MR) is 86.6 cm³/mol. The number of allylic oxidation sites excluding steroid dienone is 1. The number of hydrazine groups is 1. The molecule has 0 radical (unpaired) electrons. The zero-order chi connectivity index (χ0) is 17.3. The van der Waals surface area contributed by atoms with E-state index in [9.17, 15) is 9.59 Å². The van der Waals surface area contributed by atoms with E-state index in [1.807, 2.05) is 16.7 Å². The SMILES string of the molecule is COC(=O)c1cc(C2CC2)cn2cc(CN(N)/C=C(\N)C=O)nc12. The van der Waals surface area contributed by atoms with Gasteiger partial charge in [-0.15, -0.1) is 0 Å². The molecule has 0 aromatic carbocycles. The molecule has 1 saturated carbocycles. The number of hydrogen-bond donors (Lipinski definition) is 2. The number of aromatic nitrogens is 2. The molecule has 0 atom stereocenters. The molecule has 0 bridgehead atoms. The number of imidazole rings is 1. The highest BCUT2D eigenvalue weighted by molar-refractivity contribution is 5.96. The lowest BCUT2D eigenvalue weighted by atomic mass is 10.1. The average molecular weight is 329 g/mol. The van der Waals surface area contributed by atoms with E-state index < -0.39 is 5.97 Å². The molecule has 0 spiro atoms. The number of nitrogens with two attached hydrogens (primary N) is 2. The summed E-state index contributed by atoms with van der Waals surface area (Å²) in [5, 5.41) is 1.27. The number of ether oxygens (including phenoxy) is 1. The van der Waals surface area contributed by atoms with Crippen LogP contribution in [0.4, 0.5) is 0 Å². The fourth-order valence-electron chi connectivity index (χ4n) is 2.60. The van der Waals surface area contributed by atoms with Gasteiger partial charge in [0.1, 0.15) is 5.56 Å². The van der Waals surface area contributed by atoms with Crippen molar-refractivity contribution in [3.05, 3.63) is 47.2 Å². The Balaban J connectivity index is 1.97. The molecule has 126 valence electrons. The second kappa shape index (κ2) is 6.32. The van der Waals surface area contributed by atoms with E-state index in [2.05, 4.69) is 4.98 Å². The monoisotopic (exact) mass is 329 g/mol. The Hall–Kier alpha value is -2.87. The smallest absolute Gasteiger partial charge is 0.341 e. The van der Waals surface area contributed by atoms with Crippen molar-refractivity contribution in [2.24, 2.45) is 11.6 Å². The number of rotatable bonds is 6. The van der Waals surface area contributed by atoms with Crippen LogP contribution in [0, 0.1) is 0 Å². The standard InChI is InChI=1S/C16H19N5O3/c1-24-16(23)14-4-11(10-2-3-10)5-20-7-13(19-15(14)20)8-21(18)6-12(17)9-22/h4-7,9-10H,2-3,8,17-18H2,1H3/b12-6-. The van der Waals surface area contributed by atoms with Crippen molar-refractivity contribution in [1.82, 2.24) is 14.4 Å². The van der Waals surface area contributed by atoms with Crippen molar-refractivity contribution in [3.8, 4) is 0 Å². The first-order valence-corrected chi connectivity index (χ1v) is 7.55. The first kappa shape index (κ1) is 16.0. The van der Waals surface area contributed by atoms with Gasteiger partial charge >= 0.3 is 5.97 Å². The first-order chi connectivity index (χ1) is 11.5. The zero-order valence-electron chi connectivity index (χ0n) is 13.3. The lowest BCUT2D eigenvalue weighted by molar-refractivity contribution is -0.105. The summed E-state index contributed by atoms with van der Waals surface area (Å²) in [6, 6.07) is 1.85. The molecule has 2 aromatic heterocycles. The molecular formula is C16H19N5O3. The number of hydrogen-bond acceptors (Lipinski definition) is 7. The third-order valence-electron chi connectivity index (χ3n) is 3.87. The normalized spacial score (nSPS) is 14.7. The van der Waals surface area contributed by atoms with Crippen LogP contribution in [0.2, 0.25) is 0 Å². The molecule has 8 nitrogen and oxygen atoms in total. The molecule has 0 amide bonds. The van der Waals surface area contributed by atoms with Crippen molar-refractivity contribution >= 4 is 17.9 Å². The Labute approximate surface area is 138 Å². The highest BCUT2D eigenvalue weighted by Gasteiger charge is 2.26. The number of carbonyl (C=O) groups is 2. The van der Waals surface area contributed by atoms with Crippen molar-refractivity contribution in [2.45, 2.75) is 25.3 Å². The first-order valence-electron chi connectivity index (χ1n) is 7.55. The van der Waals surface area contributed by atoms with E-state index in [0.29, 0.717) is 29.1 Å². The largest absolute Gasteiger partial charge is 0.465 e. The molecule has 3 rings (SSSR count). The third-order valence-corrected chi connectivity index (χ3v) is 3.87. The fourth-order valence-corrected chi connectivity index (χ4v) is 2.60. The zero-order valence-corrected chi connectivity index (χ0v) is 13.3. The molecular weight excluding hydrogens is 310 g/mol. The van der Waals surface area contributed by atoms with Crippen LogP contribution < -0.4 is 11.6 Å². The Kier molecular flexibility index (Phi) is 4.22. The van der Waals surface area contributed by atoms with Crippen LogP contribution in [0.3, 0.4) is 0 Å². The number of nitrogens with zero attached hydrogens (tertiary/aromatic N) is 3. The maximum absolute atomic E-state index is 12.1. The number of methoxy groups -OCH3 is 1. The number of esters is 1. The topological polar surface area (TPSA) is 116 Å². The van der Waals surface area contributed by atoms with Gasteiger partial charge in [-0.3, -0.25) is 4.79 Å². The summed E-state index contributed by atoms with van der Waals surface area (Å²) in [6.07, 6.45) is 7.87. The van der Waals surface area contributed by atoms with E-state index in [-0.39, 0.29) is 12.2 Å². The molecule has 1 aliphatic carbocycles. The molecule has 1 aliphatic rings. The van der Waals surface area contributed by atoms with Crippen LogP contribution in [0.1, 0.15) is 40.4 Å². The predicted octanol–water partition coefficient (Wildman–Crippen LogP) is 0.673. The molecule has 2 aromatic rings. The minimum atomic E-state index is -0.422. The molecule has 4 N–H and O–H groups in total. The van der Waals surface area contributed by atoms with Gasteiger partial charge in [0, 0.05) is 18.6 Å². The summed E-state index contributed by atoms with van der Waals surface area (Å²) >= 11 is 0. The summed E-state index contributed by atoms with van der Waals surface area (Å²) in [4.78, 5) is 27.1. The fraction of sp³-hybridized carbons (Fsp3) is 0.312. The maximum Gasteiger partial charge on any atom is 0.341 e. The van der Waals surface area contributed by atoms with Crippen LogP contribution in [0.5, 0.6) is 0 Å². The van der Waals surface area contributed by atoms with Crippen molar-refractivity contribution in [1.29, 1.82) is 0 Å². The molecule has 0 unspecified atom stereocenters. The molecule has 0 saturated heterocycles. The Morgan fingerprint density at radius 1 is 1.50 bits per heavy atom. The number of fused-ring (bicyclic) bond motifs is 1. The minimum Gasteiger partial charge on any atom is -0.465 e. The Morgan fingerprint density at radius 3 is 2.88 bits per heavy atom. The van der Waals surface area contributed by atoms with Gasteiger partial charge in [0.25, 0.3) is 0 Å². The van der Waals surface area contributed by atoms with Gasteiger partial charge in [-0.25, -0.2) is 15.6 Å². The second-order valence-electron chi connectivity index (χ2n) is 5.84. The van der Waals surface area contributed by atoms with Crippen molar-refractivity contribution in [3.63, 3.8) is 0 Å². The van der Waals surface area contributed by atoms with Crippen molar-refractivity contribution in [2.75, 3.05) is 7.11 Å². The molecule has 2 heterocycles. The number of pyridine rings is 1. The highest BCUT2D eigenvalue weighted by atomic mass is 16.5. The van der Waals surface area contributed by atoms with Crippen molar-refractivity contribution < 1.29 is 14.3 Å². The summed E-state index contributed by atoms with van der Waals surface area (Å²) in [5.74, 6) is 5.86. The van der Waals surface area contributed by atoms with Gasteiger partial charge < -0.3 is 19.9 Å². The van der Waals surface area contributed by atoms with Gasteiger partial charge in [-0.1, -0.05) is 0 Å². The van der Waals surface area contributed by atoms with E-state index in [4.69, 9.17) is 16.3 Å². The Morgan fingerprint density at radius 2 is 2.25 bits per heavy atom. The molecule has 1 fully saturated rings. The average Bonchev–Trinajstić information content (AvgIpc) is 3.33. The molecule has 24 heavy (non-hydrogen) atoms. The third kappa shape index (κ3) is 3.23. The van der Waals surface area contributed by atoms with Crippen LogP contribution in [-0.2, 0) is 16.1 Å². The quantitative estimate of drug-likeness (QED) is 0.263. The van der Waals surface area contributed by atoms with E-state index in [1.54, 1.807) is 6.20 Å².